The van der Waals surface area contributed by atoms with Crippen LogP contribution in [0.1, 0.15) is 23.2 Å². The van der Waals surface area contributed by atoms with Crippen LogP contribution in [-0.2, 0) is 29.0 Å². The van der Waals surface area contributed by atoms with Crippen LogP contribution in [0.25, 0.3) is 11.1 Å². The molecule has 1 saturated heterocycles. The highest BCUT2D eigenvalue weighted by atomic mass is 32.2. The van der Waals surface area contributed by atoms with E-state index in [4.69, 9.17) is 9.47 Å². The Morgan fingerprint density at radius 3 is 2.53 bits per heavy atom. The highest BCUT2D eigenvalue weighted by molar-refractivity contribution is 7.92. The predicted molar refractivity (Wildman–Crippen MR) is 150 cm³/mol. The van der Waals surface area contributed by atoms with Crippen molar-refractivity contribution >= 4 is 27.6 Å². The van der Waals surface area contributed by atoms with Gasteiger partial charge in [0.2, 0.25) is 6.29 Å². The van der Waals surface area contributed by atoms with Crippen LogP contribution in [0.2, 0.25) is 0 Å². The lowest BCUT2D eigenvalue weighted by Gasteiger charge is -2.32. The van der Waals surface area contributed by atoms with Crippen molar-refractivity contribution < 1.29 is 60.0 Å². The Kier molecular flexibility index (Phi) is 10.5. The Morgan fingerprint density at radius 1 is 1.02 bits per heavy atom. The van der Waals surface area contributed by atoms with Crippen LogP contribution in [0.3, 0.4) is 0 Å². The molecular weight excluding hydrogens is 628 g/mol. The zero-order valence-corrected chi connectivity index (χ0v) is 24.2. The molecule has 45 heavy (non-hydrogen) atoms. The van der Waals surface area contributed by atoms with Crippen LogP contribution in [0.4, 0.5) is 23.2 Å². The number of halogens is 4. The van der Waals surface area contributed by atoms with Crippen LogP contribution in [-0.4, -0.2) is 80.8 Å². The lowest BCUT2D eigenvalue weighted by molar-refractivity contribution is -0.234. The fourth-order valence-electron chi connectivity index (χ4n) is 4.36. The van der Waals surface area contributed by atoms with Crippen molar-refractivity contribution in [2.45, 2.75) is 30.2 Å². The fourth-order valence-corrected chi connectivity index (χ4v) is 5.46. The number of carbonyl (C=O) groups excluding carboxylic acids is 2. The van der Waals surface area contributed by atoms with Crippen LogP contribution in [0.5, 0.6) is 11.5 Å². The first kappa shape index (κ1) is 33.5. The first-order chi connectivity index (χ1) is 21.2. The minimum absolute atomic E-state index is 0.0410. The Morgan fingerprint density at radius 2 is 1.80 bits per heavy atom. The van der Waals surface area contributed by atoms with Crippen molar-refractivity contribution in [1.29, 1.82) is 0 Å². The Balaban J connectivity index is 1.27. The van der Waals surface area contributed by atoms with Crippen LogP contribution >= 0.6 is 0 Å². The van der Waals surface area contributed by atoms with Gasteiger partial charge in [0.05, 0.1) is 30.3 Å². The maximum absolute atomic E-state index is 13.7. The number of esters is 2. The second-order valence-electron chi connectivity index (χ2n) is 9.87. The molecule has 11 nitrogen and oxygen atoms in total. The smallest absolute Gasteiger partial charge is 0.491 e. The zero-order valence-electron chi connectivity index (χ0n) is 23.4. The molecule has 0 spiro atoms. The van der Waals surface area contributed by atoms with Crippen molar-refractivity contribution in [3.8, 4) is 22.6 Å². The molecular formula is C29H28F4N2O9S. The molecule has 4 rings (SSSR count). The molecule has 1 unspecified atom stereocenters. The Labute approximate surface area is 255 Å². The molecule has 1 aliphatic heterocycles. The normalized spacial score (nSPS) is 15.8. The van der Waals surface area contributed by atoms with Gasteiger partial charge in [0.15, 0.2) is 0 Å². The number of anilines is 1. The average Bonchev–Trinajstić information content (AvgIpc) is 2.98. The fraction of sp³-hybridized carbons (Fsp3) is 0.310. The number of morpholine rings is 1. The van der Waals surface area contributed by atoms with Gasteiger partial charge in [-0.15, -0.1) is 0 Å². The number of hydrogen-bond donors (Lipinski definition) is 3. The summed E-state index contributed by atoms with van der Waals surface area (Å²) in [6, 6.07) is 12.2. The van der Waals surface area contributed by atoms with Crippen LogP contribution in [0, 0.1) is 5.82 Å². The third kappa shape index (κ3) is 9.06. The monoisotopic (exact) mass is 656 g/mol. The summed E-state index contributed by atoms with van der Waals surface area (Å²) in [6.07, 6.45) is -5.61. The molecule has 3 aromatic rings. The molecule has 1 fully saturated rings. The molecule has 0 saturated carbocycles. The molecule has 0 radical (unpaired) electrons. The van der Waals surface area contributed by atoms with E-state index in [0.717, 1.165) is 24.3 Å². The van der Waals surface area contributed by atoms with E-state index in [9.17, 15) is 45.8 Å². The second kappa shape index (κ2) is 14.1. The largest absolute Gasteiger partial charge is 0.507 e. The molecule has 0 bridgehead atoms. The topological polar surface area (TPSA) is 152 Å². The van der Waals surface area contributed by atoms with E-state index in [2.05, 4.69) is 9.46 Å². The minimum atomic E-state index is -5.12. The standard InChI is InChI=1S/C29H28F4N2O9S/c30-19-6-9-24(36)23(15-19)18-4-3-5-21(14-18)45(40,41)34-20-7-8-22(25(37)16-20)27(38)43-12-2-1-10-35-11-13-42-26(17-35)44-28(39)29(31,32)33/h3-9,14-16,26,34,36-37H,1-2,10-13,17H2. The number of sulfonamides is 1. The molecule has 1 aliphatic rings. The number of nitrogens with zero attached hydrogens (tertiary/aromatic N) is 1. The van der Waals surface area contributed by atoms with Gasteiger partial charge in [0.1, 0.15) is 22.9 Å². The molecule has 3 aromatic carbocycles. The number of benzene rings is 3. The number of rotatable bonds is 11. The quantitative estimate of drug-likeness (QED) is 0.154. The Bertz CT molecular complexity index is 1650. The molecule has 16 heteroatoms. The highest BCUT2D eigenvalue weighted by Gasteiger charge is 2.43. The van der Waals surface area contributed by atoms with Crippen molar-refractivity contribution in [2.75, 3.05) is 37.6 Å². The number of ether oxygens (including phenoxy) is 3. The minimum Gasteiger partial charge on any atom is -0.507 e. The maximum Gasteiger partial charge on any atom is 0.491 e. The van der Waals surface area contributed by atoms with Crippen LogP contribution in [0.15, 0.2) is 65.6 Å². The van der Waals surface area contributed by atoms with E-state index < -0.39 is 46.0 Å². The molecule has 1 heterocycles. The van der Waals surface area contributed by atoms with Gasteiger partial charge in [0, 0.05) is 18.2 Å². The van der Waals surface area contributed by atoms with Crippen molar-refractivity contribution in [3.63, 3.8) is 0 Å². The van der Waals surface area contributed by atoms with E-state index in [0.29, 0.717) is 25.9 Å². The summed E-state index contributed by atoms with van der Waals surface area (Å²) in [5.41, 5.74) is 0.0580. The third-order valence-electron chi connectivity index (χ3n) is 6.57. The third-order valence-corrected chi connectivity index (χ3v) is 7.95. The molecule has 0 aliphatic carbocycles. The summed E-state index contributed by atoms with van der Waals surface area (Å²) in [5, 5.41) is 20.4. The van der Waals surface area contributed by atoms with Gasteiger partial charge in [-0.1, -0.05) is 12.1 Å². The molecule has 1 atom stereocenters. The van der Waals surface area contributed by atoms with Gasteiger partial charge in [-0.3, -0.25) is 9.62 Å². The molecule has 242 valence electrons. The summed E-state index contributed by atoms with van der Waals surface area (Å²) in [7, 11) is -4.20. The average molecular weight is 657 g/mol. The van der Waals surface area contributed by atoms with E-state index in [1.54, 1.807) is 4.90 Å². The number of carbonyl (C=O) groups is 2. The van der Waals surface area contributed by atoms with Gasteiger partial charge in [-0.25, -0.2) is 22.4 Å². The summed E-state index contributed by atoms with van der Waals surface area (Å²) in [6.45, 7) is 0.801. The Hall–Kier alpha value is -4.41. The van der Waals surface area contributed by atoms with E-state index in [1.807, 2.05) is 0 Å². The molecule has 3 N–H and O–H groups in total. The second-order valence-corrected chi connectivity index (χ2v) is 11.6. The van der Waals surface area contributed by atoms with Crippen molar-refractivity contribution in [3.05, 3.63) is 72.0 Å². The first-order valence-corrected chi connectivity index (χ1v) is 14.9. The van der Waals surface area contributed by atoms with E-state index in [-0.39, 0.29) is 52.8 Å². The SMILES string of the molecule is O=C(OCCCCN1CCOC(OC(=O)C(F)(F)F)C1)c1ccc(NS(=O)(=O)c2cccc(-c3cc(F)ccc3O)c2)cc1O. The number of phenolic OH excluding ortho intramolecular Hbond substituents is 2. The summed E-state index contributed by atoms with van der Waals surface area (Å²) >= 11 is 0. The number of aromatic hydroxyl groups is 2. The van der Waals surface area contributed by atoms with Gasteiger partial charge in [-0.05, 0) is 67.4 Å². The van der Waals surface area contributed by atoms with Gasteiger partial charge in [-0.2, -0.15) is 13.2 Å². The number of phenols is 2. The molecule has 0 amide bonds. The molecule has 0 aromatic heterocycles. The number of hydrogen-bond acceptors (Lipinski definition) is 10. The lowest BCUT2D eigenvalue weighted by Crippen LogP contribution is -2.46. The van der Waals surface area contributed by atoms with E-state index >= 15 is 0 Å². The van der Waals surface area contributed by atoms with Crippen molar-refractivity contribution in [1.82, 2.24) is 4.90 Å². The van der Waals surface area contributed by atoms with Gasteiger partial charge < -0.3 is 24.4 Å². The number of nitrogens with one attached hydrogen (secondary N) is 1. The first-order valence-electron chi connectivity index (χ1n) is 13.5. The summed E-state index contributed by atoms with van der Waals surface area (Å²) in [5.74, 6) is -4.61. The van der Waals surface area contributed by atoms with E-state index in [1.165, 1.54) is 36.4 Å². The summed E-state index contributed by atoms with van der Waals surface area (Å²) in [4.78, 5) is 25.0. The lowest BCUT2D eigenvalue weighted by atomic mass is 10.0. The maximum atomic E-state index is 13.7. The van der Waals surface area contributed by atoms with Crippen LogP contribution < -0.4 is 4.72 Å². The highest BCUT2D eigenvalue weighted by Crippen LogP contribution is 2.32. The number of unbranched alkanes of at least 4 members (excludes halogenated alkanes) is 1. The van der Waals surface area contributed by atoms with Gasteiger partial charge in [0.25, 0.3) is 10.0 Å². The van der Waals surface area contributed by atoms with Gasteiger partial charge >= 0.3 is 18.1 Å². The predicted octanol–water partition coefficient (Wildman–Crippen LogP) is 4.41. The summed E-state index contributed by atoms with van der Waals surface area (Å²) < 4.78 is 93.6. The van der Waals surface area contributed by atoms with Crippen molar-refractivity contribution in [2.24, 2.45) is 0 Å². The number of alkyl halides is 3. The zero-order chi connectivity index (χ0) is 32.8.